The highest BCUT2D eigenvalue weighted by Gasteiger charge is 2.29. The Hall–Kier alpha value is -2.85. The van der Waals surface area contributed by atoms with Gasteiger partial charge in [0.15, 0.2) is 11.0 Å². The first kappa shape index (κ1) is 26.7. The van der Waals surface area contributed by atoms with E-state index in [4.69, 9.17) is 9.47 Å². The van der Waals surface area contributed by atoms with Gasteiger partial charge in [-0.2, -0.15) is 0 Å². The first-order valence-corrected chi connectivity index (χ1v) is 15.1. The number of carbonyl (C=O) groups excluding carboxylic acids is 2. The van der Waals surface area contributed by atoms with Crippen LogP contribution in [0.3, 0.4) is 0 Å². The predicted octanol–water partition coefficient (Wildman–Crippen LogP) is 5.90. The molecule has 2 aliphatic carbocycles. The molecule has 5 rings (SSSR count). The molecular weight excluding hydrogens is 520 g/mol. The lowest BCUT2D eigenvalue weighted by atomic mass is 9.88. The van der Waals surface area contributed by atoms with Gasteiger partial charge in [-0.15, -0.1) is 21.5 Å². The number of rotatable bonds is 9. The average Bonchev–Trinajstić information content (AvgIpc) is 3.62. The van der Waals surface area contributed by atoms with Crippen molar-refractivity contribution in [1.29, 1.82) is 0 Å². The second-order valence-corrected chi connectivity index (χ2v) is 12.1. The molecule has 2 heterocycles. The quantitative estimate of drug-likeness (QED) is 0.260. The zero-order valence-electron chi connectivity index (χ0n) is 22.1. The molecule has 2 aromatic heterocycles. The zero-order valence-corrected chi connectivity index (χ0v) is 23.8. The molecule has 0 bridgehead atoms. The largest absolute Gasteiger partial charge is 0.490 e. The highest BCUT2D eigenvalue weighted by Crippen LogP contribution is 2.40. The van der Waals surface area contributed by atoms with Crippen molar-refractivity contribution in [3.05, 3.63) is 40.3 Å². The lowest BCUT2D eigenvalue weighted by Gasteiger charge is -2.18. The summed E-state index contributed by atoms with van der Waals surface area (Å²) in [7, 11) is 1.89. The number of thiophene rings is 1. The number of ether oxygens (including phenoxy) is 2. The third-order valence-electron chi connectivity index (χ3n) is 7.13. The Kier molecular flexibility index (Phi) is 8.38. The maximum absolute atomic E-state index is 12.9. The molecule has 0 radical (unpaired) electrons. The molecule has 0 saturated heterocycles. The van der Waals surface area contributed by atoms with E-state index in [1.807, 2.05) is 35.9 Å². The lowest BCUT2D eigenvalue weighted by Crippen LogP contribution is -2.18. The van der Waals surface area contributed by atoms with E-state index in [0.717, 1.165) is 54.8 Å². The number of nitrogens with zero attached hydrogens (tertiary/aromatic N) is 3. The smallest absolute Gasteiger partial charge is 0.341 e. The van der Waals surface area contributed by atoms with E-state index in [0.29, 0.717) is 34.3 Å². The van der Waals surface area contributed by atoms with Gasteiger partial charge in [-0.3, -0.25) is 4.79 Å². The molecule has 202 valence electrons. The van der Waals surface area contributed by atoms with Gasteiger partial charge < -0.3 is 19.4 Å². The minimum Gasteiger partial charge on any atom is -0.490 e. The fourth-order valence-corrected chi connectivity index (χ4v) is 7.25. The fourth-order valence-electron chi connectivity index (χ4n) is 5.12. The SMILES string of the molecule is CCOC(=O)c1c(NC(=O)CSc2nnc(-c3ccc(OC4CCCC4)cc3)n2C)sc2c1CCC(C)C2. The van der Waals surface area contributed by atoms with Gasteiger partial charge >= 0.3 is 5.97 Å². The van der Waals surface area contributed by atoms with Crippen LogP contribution in [0.1, 0.15) is 66.8 Å². The molecule has 1 N–H and O–H groups in total. The predicted molar refractivity (Wildman–Crippen MR) is 150 cm³/mol. The van der Waals surface area contributed by atoms with E-state index in [1.54, 1.807) is 6.92 Å². The van der Waals surface area contributed by atoms with Gasteiger partial charge in [0.05, 0.1) is 24.0 Å². The lowest BCUT2D eigenvalue weighted by molar-refractivity contribution is -0.113. The van der Waals surface area contributed by atoms with Crippen molar-refractivity contribution < 1.29 is 19.1 Å². The number of anilines is 1. The van der Waals surface area contributed by atoms with E-state index in [1.165, 1.54) is 40.8 Å². The van der Waals surface area contributed by atoms with Gasteiger partial charge in [0.1, 0.15) is 10.8 Å². The highest BCUT2D eigenvalue weighted by atomic mass is 32.2. The molecular formula is C28H34N4O4S2. The topological polar surface area (TPSA) is 95.3 Å². The van der Waals surface area contributed by atoms with Gasteiger partial charge in [-0.1, -0.05) is 18.7 Å². The van der Waals surface area contributed by atoms with Crippen LogP contribution in [0.2, 0.25) is 0 Å². The number of benzene rings is 1. The van der Waals surface area contributed by atoms with Crippen LogP contribution in [0, 0.1) is 5.92 Å². The first-order chi connectivity index (χ1) is 18.4. The number of carbonyl (C=O) groups is 2. The van der Waals surface area contributed by atoms with E-state index < -0.39 is 0 Å². The Morgan fingerprint density at radius 1 is 1.16 bits per heavy atom. The first-order valence-electron chi connectivity index (χ1n) is 13.3. The molecule has 2 aliphatic rings. The number of hydrogen-bond acceptors (Lipinski definition) is 8. The summed E-state index contributed by atoms with van der Waals surface area (Å²) in [5.41, 5.74) is 2.50. The van der Waals surface area contributed by atoms with Crippen LogP contribution in [0.5, 0.6) is 5.75 Å². The summed E-state index contributed by atoms with van der Waals surface area (Å²) in [5, 5.41) is 12.9. The number of amides is 1. The number of hydrogen-bond donors (Lipinski definition) is 1. The molecule has 0 spiro atoms. The second-order valence-electron chi connectivity index (χ2n) is 10.0. The Labute approximate surface area is 231 Å². The minimum atomic E-state index is -0.361. The fraction of sp³-hybridized carbons (Fsp3) is 0.500. The summed E-state index contributed by atoms with van der Waals surface area (Å²) in [6.45, 7) is 4.31. The van der Waals surface area contributed by atoms with Gasteiger partial charge in [0, 0.05) is 17.5 Å². The van der Waals surface area contributed by atoms with Crippen molar-refractivity contribution in [2.75, 3.05) is 17.7 Å². The van der Waals surface area contributed by atoms with Gasteiger partial charge in [-0.25, -0.2) is 4.79 Å². The van der Waals surface area contributed by atoms with Crippen LogP contribution in [-0.4, -0.2) is 45.1 Å². The third kappa shape index (κ3) is 5.91. The minimum absolute atomic E-state index is 0.154. The van der Waals surface area contributed by atoms with E-state index in [9.17, 15) is 9.59 Å². The van der Waals surface area contributed by atoms with Crippen LogP contribution in [-0.2, 0) is 29.4 Å². The summed E-state index contributed by atoms with van der Waals surface area (Å²) in [6.07, 6.45) is 7.83. The number of thioether (sulfide) groups is 1. The molecule has 8 nitrogen and oxygen atoms in total. The normalized spacial score (nSPS) is 17.3. The van der Waals surface area contributed by atoms with Crippen LogP contribution >= 0.6 is 23.1 Å². The molecule has 1 fully saturated rings. The summed E-state index contributed by atoms with van der Waals surface area (Å²) in [4.78, 5) is 26.8. The second kappa shape index (κ2) is 11.9. The van der Waals surface area contributed by atoms with Crippen LogP contribution < -0.4 is 10.1 Å². The Bertz CT molecular complexity index is 1290. The van der Waals surface area contributed by atoms with Crippen LogP contribution in [0.25, 0.3) is 11.4 Å². The monoisotopic (exact) mass is 554 g/mol. The number of nitrogens with one attached hydrogen (secondary N) is 1. The maximum atomic E-state index is 12.9. The van der Waals surface area contributed by atoms with Crippen molar-refractivity contribution >= 4 is 40.0 Å². The Balaban J connectivity index is 1.23. The van der Waals surface area contributed by atoms with Crippen LogP contribution in [0.4, 0.5) is 5.00 Å². The van der Waals surface area contributed by atoms with Crippen molar-refractivity contribution in [2.45, 2.75) is 70.1 Å². The van der Waals surface area contributed by atoms with Crippen molar-refractivity contribution in [2.24, 2.45) is 13.0 Å². The van der Waals surface area contributed by atoms with E-state index in [-0.39, 0.29) is 17.6 Å². The standard InChI is InChI=1S/C28H34N4O4S2/c1-4-35-27(34)24-21-14-9-17(2)15-22(21)38-26(24)29-23(33)16-37-28-31-30-25(32(28)3)18-10-12-20(13-11-18)36-19-7-5-6-8-19/h10-13,17,19H,4-9,14-16H2,1-3H3,(H,29,33). The third-order valence-corrected chi connectivity index (χ3v) is 9.32. The van der Waals surface area contributed by atoms with Crippen molar-refractivity contribution in [1.82, 2.24) is 14.8 Å². The average molecular weight is 555 g/mol. The molecule has 38 heavy (non-hydrogen) atoms. The molecule has 10 heteroatoms. The maximum Gasteiger partial charge on any atom is 0.341 e. The number of fused-ring (bicyclic) bond motifs is 1. The Morgan fingerprint density at radius 2 is 1.92 bits per heavy atom. The molecule has 1 aromatic carbocycles. The van der Waals surface area contributed by atoms with E-state index >= 15 is 0 Å². The van der Waals surface area contributed by atoms with Crippen molar-refractivity contribution in [3.63, 3.8) is 0 Å². The van der Waals surface area contributed by atoms with Gasteiger partial charge in [0.2, 0.25) is 5.91 Å². The number of aromatic nitrogens is 3. The molecule has 1 amide bonds. The van der Waals surface area contributed by atoms with Crippen LogP contribution in [0.15, 0.2) is 29.4 Å². The van der Waals surface area contributed by atoms with Gasteiger partial charge in [-0.05, 0) is 87.6 Å². The molecule has 0 aliphatic heterocycles. The molecule has 1 atom stereocenters. The highest BCUT2D eigenvalue weighted by molar-refractivity contribution is 7.99. The molecule has 1 saturated carbocycles. The zero-order chi connectivity index (χ0) is 26.6. The van der Waals surface area contributed by atoms with Crippen molar-refractivity contribution in [3.8, 4) is 17.1 Å². The summed E-state index contributed by atoms with van der Waals surface area (Å²) in [6, 6.07) is 7.94. The van der Waals surface area contributed by atoms with E-state index in [2.05, 4.69) is 22.4 Å². The summed E-state index contributed by atoms with van der Waals surface area (Å²) in [5.74, 6) is 1.77. The summed E-state index contributed by atoms with van der Waals surface area (Å²) >= 11 is 2.82. The van der Waals surface area contributed by atoms with Gasteiger partial charge in [0.25, 0.3) is 0 Å². The molecule has 1 unspecified atom stereocenters. The number of esters is 1. The Morgan fingerprint density at radius 3 is 2.66 bits per heavy atom. The molecule has 3 aromatic rings. The summed E-state index contributed by atoms with van der Waals surface area (Å²) < 4.78 is 13.3.